The lowest BCUT2D eigenvalue weighted by atomic mass is 9.70. The van der Waals surface area contributed by atoms with E-state index in [0.717, 1.165) is 12.8 Å². The molecule has 2 saturated carbocycles. The normalized spacial score (nSPS) is 33.3. The van der Waals surface area contributed by atoms with Crippen molar-refractivity contribution in [1.82, 2.24) is 4.31 Å². The van der Waals surface area contributed by atoms with E-state index in [1.807, 2.05) is 13.8 Å². The minimum Gasteiger partial charge on any atom is -0.299 e. The van der Waals surface area contributed by atoms with Crippen molar-refractivity contribution in [3.8, 4) is 0 Å². The predicted octanol–water partition coefficient (Wildman–Crippen LogP) is 2.05. The molecule has 2 atom stereocenters. The SMILES string of the molecule is CCN(CC)S(=O)(=O)CC12CCC(CC1=O)C2(C)C. The van der Waals surface area contributed by atoms with Gasteiger partial charge in [-0.25, -0.2) is 12.7 Å². The van der Waals surface area contributed by atoms with Gasteiger partial charge in [-0.15, -0.1) is 0 Å². The standard InChI is InChI=1S/C14H25NO3S/c1-5-15(6-2)19(17,18)10-14-8-7-11(9-12(14)16)13(14,3)4/h11H,5-10H2,1-4H3. The van der Waals surface area contributed by atoms with Crippen LogP contribution in [0.5, 0.6) is 0 Å². The van der Waals surface area contributed by atoms with Gasteiger partial charge in [-0.2, -0.15) is 0 Å². The van der Waals surface area contributed by atoms with E-state index in [1.54, 1.807) is 0 Å². The zero-order valence-electron chi connectivity index (χ0n) is 12.4. The summed E-state index contributed by atoms with van der Waals surface area (Å²) in [5.41, 5.74) is -0.816. The van der Waals surface area contributed by atoms with Crippen molar-refractivity contribution in [3.63, 3.8) is 0 Å². The molecule has 2 aliphatic carbocycles. The molecular weight excluding hydrogens is 262 g/mol. The smallest absolute Gasteiger partial charge is 0.215 e. The number of hydrogen-bond acceptors (Lipinski definition) is 3. The zero-order valence-corrected chi connectivity index (χ0v) is 13.2. The Morgan fingerprint density at radius 2 is 1.84 bits per heavy atom. The molecule has 0 spiro atoms. The maximum atomic E-state index is 12.5. The Bertz CT molecular complexity index is 479. The largest absolute Gasteiger partial charge is 0.299 e. The number of sulfonamides is 1. The van der Waals surface area contributed by atoms with Crippen LogP contribution < -0.4 is 0 Å². The van der Waals surface area contributed by atoms with Gasteiger partial charge in [0.2, 0.25) is 10.0 Å². The molecule has 2 bridgehead atoms. The molecule has 0 aromatic carbocycles. The van der Waals surface area contributed by atoms with Gasteiger partial charge in [-0.05, 0) is 24.2 Å². The second kappa shape index (κ2) is 4.55. The topological polar surface area (TPSA) is 54.5 Å². The number of carbonyl (C=O) groups is 1. The lowest BCUT2D eigenvalue weighted by molar-refractivity contribution is -0.128. The number of Topliss-reactive ketones (excluding diaryl/α,β-unsaturated/α-hetero) is 1. The quantitative estimate of drug-likeness (QED) is 0.777. The summed E-state index contributed by atoms with van der Waals surface area (Å²) in [6, 6.07) is 0. The van der Waals surface area contributed by atoms with Gasteiger partial charge in [0.05, 0.1) is 5.75 Å². The van der Waals surface area contributed by atoms with Crippen LogP contribution >= 0.6 is 0 Å². The number of hydrogen-bond donors (Lipinski definition) is 0. The molecular formula is C14H25NO3S. The van der Waals surface area contributed by atoms with Crippen LogP contribution in [-0.4, -0.2) is 37.3 Å². The summed E-state index contributed by atoms with van der Waals surface area (Å²) in [5.74, 6) is 0.542. The summed E-state index contributed by atoms with van der Waals surface area (Å²) in [5, 5.41) is 0. The first-order chi connectivity index (χ1) is 8.71. The molecule has 2 unspecified atom stereocenters. The number of nitrogens with zero attached hydrogens (tertiary/aromatic N) is 1. The Kier molecular flexibility index (Phi) is 3.59. The van der Waals surface area contributed by atoms with Crippen LogP contribution in [0.1, 0.15) is 47.0 Å². The summed E-state index contributed by atoms with van der Waals surface area (Å²) in [7, 11) is -3.34. The summed E-state index contributed by atoms with van der Waals surface area (Å²) in [6.07, 6.45) is 2.30. The van der Waals surface area contributed by atoms with Crippen LogP contribution in [0.3, 0.4) is 0 Å². The maximum absolute atomic E-state index is 12.5. The first-order valence-corrected chi connectivity index (χ1v) is 8.83. The molecule has 2 rings (SSSR count). The van der Waals surface area contributed by atoms with Crippen LogP contribution in [0.25, 0.3) is 0 Å². The van der Waals surface area contributed by atoms with Crippen molar-refractivity contribution in [3.05, 3.63) is 0 Å². The monoisotopic (exact) mass is 287 g/mol. The molecule has 0 aliphatic heterocycles. The molecule has 0 N–H and O–H groups in total. The fraction of sp³-hybridized carbons (Fsp3) is 0.929. The maximum Gasteiger partial charge on any atom is 0.215 e. The van der Waals surface area contributed by atoms with Crippen molar-refractivity contribution in [2.75, 3.05) is 18.8 Å². The average molecular weight is 287 g/mol. The van der Waals surface area contributed by atoms with E-state index in [1.165, 1.54) is 4.31 Å². The second-order valence-corrected chi connectivity index (χ2v) is 8.48. The van der Waals surface area contributed by atoms with Gasteiger partial charge in [0, 0.05) is 24.9 Å². The van der Waals surface area contributed by atoms with Crippen molar-refractivity contribution < 1.29 is 13.2 Å². The molecule has 110 valence electrons. The van der Waals surface area contributed by atoms with E-state index in [-0.39, 0.29) is 17.0 Å². The van der Waals surface area contributed by atoms with Gasteiger partial charge in [-0.3, -0.25) is 4.79 Å². The van der Waals surface area contributed by atoms with Crippen molar-refractivity contribution in [2.24, 2.45) is 16.7 Å². The number of ketones is 1. The molecule has 0 amide bonds. The van der Waals surface area contributed by atoms with Crippen LogP contribution in [-0.2, 0) is 14.8 Å². The van der Waals surface area contributed by atoms with Crippen LogP contribution in [0.2, 0.25) is 0 Å². The van der Waals surface area contributed by atoms with Crippen molar-refractivity contribution >= 4 is 15.8 Å². The van der Waals surface area contributed by atoms with Crippen LogP contribution in [0.4, 0.5) is 0 Å². The van der Waals surface area contributed by atoms with Crippen molar-refractivity contribution in [2.45, 2.75) is 47.0 Å². The van der Waals surface area contributed by atoms with Crippen LogP contribution in [0, 0.1) is 16.7 Å². The number of carbonyl (C=O) groups excluding carboxylic acids is 1. The van der Waals surface area contributed by atoms with E-state index in [9.17, 15) is 13.2 Å². The average Bonchev–Trinajstić information content (AvgIpc) is 2.63. The lowest BCUT2D eigenvalue weighted by Gasteiger charge is -2.37. The lowest BCUT2D eigenvalue weighted by Crippen LogP contribution is -2.46. The third kappa shape index (κ3) is 1.97. The highest BCUT2D eigenvalue weighted by atomic mass is 32.2. The van der Waals surface area contributed by atoms with Gasteiger partial charge in [0.1, 0.15) is 5.78 Å². The summed E-state index contributed by atoms with van der Waals surface area (Å²) >= 11 is 0. The van der Waals surface area contributed by atoms with Gasteiger partial charge in [0.25, 0.3) is 0 Å². The first kappa shape index (κ1) is 15.0. The molecule has 19 heavy (non-hydrogen) atoms. The third-order valence-corrected chi connectivity index (χ3v) is 7.83. The van der Waals surface area contributed by atoms with Gasteiger partial charge in [-0.1, -0.05) is 27.7 Å². The Morgan fingerprint density at radius 1 is 1.26 bits per heavy atom. The highest BCUT2D eigenvalue weighted by molar-refractivity contribution is 7.89. The number of fused-ring (bicyclic) bond motifs is 2. The van der Waals surface area contributed by atoms with Gasteiger partial charge < -0.3 is 0 Å². The summed E-state index contributed by atoms with van der Waals surface area (Å²) in [4.78, 5) is 12.4. The van der Waals surface area contributed by atoms with Crippen molar-refractivity contribution in [1.29, 1.82) is 0 Å². The van der Waals surface area contributed by atoms with Crippen LogP contribution in [0.15, 0.2) is 0 Å². The fourth-order valence-electron chi connectivity index (χ4n) is 4.13. The molecule has 2 fully saturated rings. The highest BCUT2D eigenvalue weighted by Gasteiger charge is 2.65. The number of rotatable bonds is 5. The zero-order chi connectivity index (χ0) is 14.5. The Balaban J connectivity index is 2.34. The van der Waals surface area contributed by atoms with E-state index < -0.39 is 15.4 Å². The summed E-state index contributed by atoms with van der Waals surface area (Å²) in [6.45, 7) is 8.80. The fourth-order valence-corrected chi connectivity index (χ4v) is 6.40. The molecule has 5 heteroatoms. The van der Waals surface area contributed by atoms with Gasteiger partial charge in [0.15, 0.2) is 0 Å². The van der Waals surface area contributed by atoms with E-state index in [0.29, 0.717) is 25.4 Å². The molecule has 0 aromatic heterocycles. The van der Waals surface area contributed by atoms with E-state index in [4.69, 9.17) is 0 Å². The predicted molar refractivity (Wildman–Crippen MR) is 75.3 cm³/mol. The molecule has 0 aromatic rings. The Labute approximate surface area is 116 Å². The molecule has 0 heterocycles. The Hall–Kier alpha value is -0.420. The Morgan fingerprint density at radius 3 is 2.21 bits per heavy atom. The highest BCUT2D eigenvalue weighted by Crippen LogP contribution is 2.64. The minimum atomic E-state index is -3.34. The minimum absolute atomic E-state index is 0.00398. The second-order valence-electron chi connectivity index (χ2n) is 6.51. The third-order valence-electron chi connectivity index (χ3n) is 5.67. The van der Waals surface area contributed by atoms with E-state index in [2.05, 4.69) is 13.8 Å². The van der Waals surface area contributed by atoms with Gasteiger partial charge >= 0.3 is 0 Å². The first-order valence-electron chi connectivity index (χ1n) is 7.22. The molecule has 4 nitrogen and oxygen atoms in total. The van der Waals surface area contributed by atoms with E-state index >= 15 is 0 Å². The molecule has 2 aliphatic rings. The molecule has 0 saturated heterocycles. The summed E-state index contributed by atoms with van der Waals surface area (Å²) < 4.78 is 26.6. The molecule has 0 radical (unpaired) electrons.